The minimum Gasteiger partial charge on any atom is -0.346 e. The minimum absolute atomic E-state index is 0.737. The first-order chi connectivity index (χ1) is 12.2. The molecular formula is C21H24N4. The van der Waals surface area contributed by atoms with E-state index < -0.39 is 0 Å². The van der Waals surface area contributed by atoms with E-state index >= 15 is 0 Å². The molecule has 25 heavy (non-hydrogen) atoms. The molecule has 0 atom stereocenters. The molecule has 3 heterocycles. The Morgan fingerprint density at radius 3 is 2.48 bits per heavy atom. The van der Waals surface area contributed by atoms with Crippen LogP contribution in [0, 0.1) is 23.7 Å². The molecule has 0 saturated heterocycles. The van der Waals surface area contributed by atoms with E-state index in [0.717, 1.165) is 40.8 Å². The largest absolute Gasteiger partial charge is 0.346 e. The third-order valence-electron chi connectivity index (χ3n) is 7.18. The van der Waals surface area contributed by atoms with Crippen molar-refractivity contribution in [3.8, 4) is 11.1 Å². The normalized spacial score (nSPS) is 33.4. The second kappa shape index (κ2) is 4.96. The standard InChI is InChI=1S/C21H24N4/c1-25-11-17(9-24-25)19-10-23-21-18(19)7-16(8-22-21)20-14-3-12-2-13(5-14)6-15(20)4-12/h7-15,20H,2-6H2,1H3,(H,22,23). The molecule has 0 aliphatic heterocycles. The van der Waals surface area contributed by atoms with Crippen molar-refractivity contribution in [1.82, 2.24) is 19.7 Å². The highest BCUT2D eigenvalue weighted by atomic mass is 15.2. The number of nitrogens with zero attached hydrogens (tertiary/aromatic N) is 3. The zero-order valence-corrected chi connectivity index (χ0v) is 14.7. The van der Waals surface area contributed by atoms with E-state index in [1.165, 1.54) is 48.6 Å². The predicted octanol–water partition coefficient (Wildman–Crippen LogP) is 4.50. The molecule has 4 saturated carbocycles. The smallest absolute Gasteiger partial charge is 0.137 e. The molecule has 0 spiro atoms. The predicted molar refractivity (Wildman–Crippen MR) is 98.1 cm³/mol. The SMILES string of the molecule is Cn1cc(-c2c[nH]c3ncc(C4C5CC6CC(C5)CC4C6)cc23)cn1. The number of aryl methyl sites for hydroxylation is 1. The van der Waals surface area contributed by atoms with Gasteiger partial charge in [0.1, 0.15) is 5.65 Å². The maximum absolute atomic E-state index is 4.78. The molecule has 4 bridgehead atoms. The Kier molecular flexibility index (Phi) is 2.80. The Labute approximate surface area is 147 Å². The summed E-state index contributed by atoms with van der Waals surface area (Å²) >= 11 is 0. The van der Waals surface area contributed by atoms with Crippen LogP contribution < -0.4 is 0 Å². The van der Waals surface area contributed by atoms with Crippen LogP contribution in [0.25, 0.3) is 22.2 Å². The summed E-state index contributed by atoms with van der Waals surface area (Å²) in [5.74, 6) is 4.58. The van der Waals surface area contributed by atoms with E-state index in [1.54, 1.807) is 0 Å². The van der Waals surface area contributed by atoms with Gasteiger partial charge in [-0.05, 0) is 73.3 Å². The van der Waals surface area contributed by atoms with Gasteiger partial charge in [0.25, 0.3) is 0 Å². The molecule has 3 aromatic heterocycles. The Bertz CT molecular complexity index is 922. The van der Waals surface area contributed by atoms with Crippen LogP contribution in [0.1, 0.15) is 43.6 Å². The van der Waals surface area contributed by atoms with E-state index in [-0.39, 0.29) is 0 Å². The Hall–Kier alpha value is -2.10. The summed E-state index contributed by atoms with van der Waals surface area (Å²) in [6.45, 7) is 0. The van der Waals surface area contributed by atoms with Crippen LogP contribution in [0.15, 0.2) is 30.9 Å². The summed E-state index contributed by atoms with van der Waals surface area (Å²) in [6, 6.07) is 2.42. The van der Waals surface area contributed by atoms with Gasteiger partial charge in [-0.15, -0.1) is 0 Å². The summed E-state index contributed by atoms with van der Waals surface area (Å²) in [5, 5.41) is 5.58. The van der Waals surface area contributed by atoms with E-state index in [9.17, 15) is 0 Å². The van der Waals surface area contributed by atoms with E-state index in [4.69, 9.17) is 4.98 Å². The van der Waals surface area contributed by atoms with Crippen molar-refractivity contribution in [2.24, 2.45) is 30.7 Å². The van der Waals surface area contributed by atoms with Gasteiger partial charge >= 0.3 is 0 Å². The second-order valence-electron chi connectivity index (χ2n) is 8.73. The lowest BCUT2D eigenvalue weighted by Crippen LogP contribution is -2.43. The zero-order chi connectivity index (χ0) is 16.5. The molecule has 128 valence electrons. The van der Waals surface area contributed by atoms with Crippen molar-refractivity contribution < 1.29 is 0 Å². The van der Waals surface area contributed by atoms with Crippen LogP contribution in [0.2, 0.25) is 0 Å². The van der Waals surface area contributed by atoms with Gasteiger partial charge in [-0.2, -0.15) is 5.10 Å². The average Bonchev–Trinajstić information content (AvgIpc) is 3.19. The Morgan fingerprint density at radius 2 is 1.80 bits per heavy atom. The summed E-state index contributed by atoms with van der Waals surface area (Å²) < 4.78 is 1.86. The fourth-order valence-electron chi connectivity index (χ4n) is 6.47. The zero-order valence-electron chi connectivity index (χ0n) is 14.7. The lowest BCUT2D eigenvalue weighted by molar-refractivity contribution is -0.00283. The number of pyridine rings is 1. The fourth-order valence-corrected chi connectivity index (χ4v) is 6.47. The molecule has 0 aromatic carbocycles. The van der Waals surface area contributed by atoms with Gasteiger partial charge in [0, 0.05) is 42.2 Å². The van der Waals surface area contributed by atoms with Gasteiger partial charge in [-0.3, -0.25) is 4.68 Å². The summed E-state index contributed by atoms with van der Waals surface area (Å²) in [5.41, 5.74) is 4.86. The molecule has 0 unspecified atom stereocenters. The first-order valence-corrected chi connectivity index (χ1v) is 9.70. The van der Waals surface area contributed by atoms with Crippen LogP contribution in [-0.2, 0) is 7.05 Å². The van der Waals surface area contributed by atoms with Crippen molar-refractivity contribution in [2.45, 2.75) is 38.0 Å². The van der Waals surface area contributed by atoms with Gasteiger partial charge < -0.3 is 4.98 Å². The molecule has 7 rings (SSSR count). The number of aromatic nitrogens is 4. The van der Waals surface area contributed by atoms with Crippen LogP contribution in [0.3, 0.4) is 0 Å². The lowest BCUT2D eigenvalue weighted by atomic mass is 9.51. The van der Waals surface area contributed by atoms with Crippen LogP contribution in [-0.4, -0.2) is 19.7 Å². The fraction of sp³-hybridized carbons (Fsp3) is 0.524. The summed E-state index contributed by atoms with van der Waals surface area (Å²) in [7, 11) is 1.97. The van der Waals surface area contributed by atoms with E-state index in [1.807, 2.05) is 17.9 Å². The number of aromatic amines is 1. The van der Waals surface area contributed by atoms with Crippen molar-refractivity contribution in [3.63, 3.8) is 0 Å². The highest BCUT2D eigenvalue weighted by molar-refractivity contribution is 5.93. The quantitative estimate of drug-likeness (QED) is 0.751. The first-order valence-electron chi connectivity index (χ1n) is 9.70. The van der Waals surface area contributed by atoms with E-state index in [0.29, 0.717) is 0 Å². The molecule has 3 aromatic rings. The number of hydrogen-bond acceptors (Lipinski definition) is 2. The number of H-pyrrole nitrogens is 1. The van der Waals surface area contributed by atoms with Crippen molar-refractivity contribution in [3.05, 3.63) is 36.4 Å². The van der Waals surface area contributed by atoms with Gasteiger partial charge in [-0.25, -0.2) is 4.98 Å². The van der Waals surface area contributed by atoms with Crippen molar-refractivity contribution >= 4 is 11.0 Å². The van der Waals surface area contributed by atoms with Crippen LogP contribution in [0.4, 0.5) is 0 Å². The molecule has 4 heteroatoms. The maximum atomic E-state index is 4.78. The molecule has 4 aliphatic rings. The summed E-state index contributed by atoms with van der Waals surface area (Å²) in [6.07, 6.45) is 15.6. The number of fused-ring (bicyclic) bond motifs is 1. The topological polar surface area (TPSA) is 46.5 Å². The molecule has 0 amide bonds. The number of rotatable bonds is 2. The number of nitrogens with one attached hydrogen (secondary N) is 1. The third-order valence-corrected chi connectivity index (χ3v) is 7.18. The van der Waals surface area contributed by atoms with E-state index in [2.05, 4.69) is 34.7 Å². The monoisotopic (exact) mass is 332 g/mol. The average molecular weight is 332 g/mol. The van der Waals surface area contributed by atoms with Gasteiger partial charge in [-0.1, -0.05) is 0 Å². The lowest BCUT2D eigenvalue weighted by Gasteiger charge is -2.54. The minimum atomic E-state index is 0.737. The van der Waals surface area contributed by atoms with Crippen molar-refractivity contribution in [1.29, 1.82) is 0 Å². The molecule has 4 fully saturated rings. The van der Waals surface area contributed by atoms with Crippen LogP contribution in [0.5, 0.6) is 0 Å². The van der Waals surface area contributed by atoms with Gasteiger partial charge in [0.2, 0.25) is 0 Å². The van der Waals surface area contributed by atoms with Gasteiger partial charge in [0.15, 0.2) is 0 Å². The summed E-state index contributed by atoms with van der Waals surface area (Å²) in [4.78, 5) is 8.13. The maximum Gasteiger partial charge on any atom is 0.137 e. The number of hydrogen-bond donors (Lipinski definition) is 1. The van der Waals surface area contributed by atoms with Crippen LogP contribution >= 0.6 is 0 Å². The molecule has 0 radical (unpaired) electrons. The second-order valence-corrected chi connectivity index (χ2v) is 8.73. The Morgan fingerprint density at radius 1 is 1.04 bits per heavy atom. The molecule has 4 aliphatic carbocycles. The highest BCUT2D eigenvalue weighted by Crippen LogP contribution is 2.59. The van der Waals surface area contributed by atoms with Gasteiger partial charge in [0.05, 0.1) is 6.20 Å². The highest BCUT2D eigenvalue weighted by Gasteiger charge is 2.48. The molecular weight excluding hydrogens is 308 g/mol. The molecule has 4 nitrogen and oxygen atoms in total. The molecule has 1 N–H and O–H groups in total. The van der Waals surface area contributed by atoms with Crippen molar-refractivity contribution in [2.75, 3.05) is 0 Å². The Balaban J connectivity index is 1.44. The third kappa shape index (κ3) is 2.06. The first kappa shape index (κ1) is 14.1.